The van der Waals surface area contributed by atoms with Crippen molar-refractivity contribution in [1.82, 2.24) is 0 Å². The van der Waals surface area contributed by atoms with Gasteiger partial charge in [0.05, 0.1) is 0 Å². The lowest BCUT2D eigenvalue weighted by molar-refractivity contribution is 0.376. The van der Waals surface area contributed by atoms with E-state index >= 15 is 0 Å². The van der Waals surface area contributed by atoms with Gasteiger partial charge in [-0.15, -0.1) is 0 Å². The molecule has 0 aliphatic heterocycles. The first-order valence-corrected chi connectivity index (χ1v) is 11.1. The van der Waals surface area contributed by atoms with Crippen LogP contribution in [0.25, 0.3) is 0 Å². The van der Waals surface area contributed by atoms with E-state index in [1.807, 2.05) is 12.1 Å². The minimum Gasteiger partial charge on any atom is -0.362 e. The van der Waals surface area contributed by atoms with Gasteiger partial charge in [0, 0.05) is 0 Å². The van der Waals surface area contributed by atoms with Crippen LogP contribution < -0.4 is 4.18 Å². The maximum Gasteiger partial charge on any atom is 0.446 e. The average molecular weight is 371 g/mol. The largest absolute Gasteiger partial charge is 0.446 e. The van der Waals surface area contributed by atoms with Gasteiger partial charge in [0.25, 0.3) is 0 Å². The lowest BCUT2D eigenvalue weighted by Gasteiger charge is -2.18. The number of unbranched alkanes of at least 4 members (excludes halogenated alkanes) is 6. The smallest absolute Gasteiger partial charge is 0.362 e. The van der Waals surface area contributed by atoms with Gasteiger partial charge in [-0.1, -0.05) is 96.3 Å². The third-order valence-corrected chi connectivity index (χ3v) is 5.00. The molecule has 0 amide bonds. The van der Waals surface area contributed by atoms with Crippen molar-refractivity contribution < 1.29 is 17.2 Å². The van der Waals surface area contributed by atoms with Crippen molar-refractivity contribution in [3.8, 4) is 5.75 Å². The highest BCUT2D eigenvalue weighted by Crippen LogP contribution is 2.28. The maximum absolute atomic E-state index is 11.1. The molecule has 0 aromatic heterocycles. The van der Waals surface area contributed by atoms with Crippen molar-refractivity contribution in [2.45, 2.75) is 84.5 Å². The van der Waals surface area contributed by atoms with Crippen LogP contribution in [0.2, 0.25) is 0 Å². The van der Waals surface area contributed by atoms with E-state index in [0.717, 1.165) is 24.8 Å². The van der Waals surface area contributed by atoms with E-state index in [-0.39, 0.29) is 5.75 Å². The Hall–Kier alpha value is -1.07. The van der Waals surface area contributed by atoms with Gasteiger partial charge in [-0.2, -0.15) is 8.42 Å². The summed E-state index contributed by atoms with van der Waals surface area (Å²) in [5.41, 5.74) is 0.857. The first-order valence-electron chi connectivity index (χ1n) is 9.71. The summed E-state index contributed by atoms with van der Waals surface area (Å²) in [7, 11) is -4.48. The summed E-state index contributed by atoms with van der Waals surface area (Å²) in [6, 6.07) is 7.11. The fraction of sp³-hybridized carbons (Fsp3) is 0.700. The Bertz CT molecular complexity index is 569. The zero-order valence-corrected chi connectivity index (χ0v) is 16.6. The summed E-state index contributed by atoms with van der Waals surface area (Å²) in [6.45, 7) is 4.43. The Morgan fingerprint density at radius 3 is 2.12 bits per heavy atom. The number of hydrogen-bond acceptors (Lipinski definition) is 3. The second-order valence-corrected chi connectivity index (χ2v) is 7.91. The summed E-state index contributed by atoms with van der Waals surface area (Å²) in [5.74, 6) is 0.774. The minimum atomic E-state index is -4.48. The molecule has 0 heterocycles. The highest BCUT2D eigenvalue weighted by atomic mass is 32.3. The van der Waals surface area contributed by atoms with E-state index in [2.05, 4.69) is 13.8 Å². The summed E-state index contributed by atoms with van der Waals surface area (Å²) < 4.78 is 35.8. The molecule has 5 heteroatoms. The van der Waals surface area contributed by atoms with Gasteiger partial charge in [-0.05, 0) is 24.0 Å². The van der Waals surface area contributed by atoms with Crippen LogP contribution >= 0.6 is 0 Å². The van der Waals surface area contributed by atoms with Gasteiger partial charge in [-0.3, -0.25) is 4.55 Å². The lowest BCUT2D eigenvalue weighted by atomic mass is 9.88. The third-order valence-electron chi connectivity index (χ3n) is 4.61. The molecule has 0 spiro atoms. The van der Waals surface area contributed by atoms with E-state index in [1.54, 1.807) is 12.1 Å². The molecule has 0 saturated carbocycles. The molecule has 0 saturated heterocycles. The maximum atomic E-state index is 11.1. The molecule has 1 N–H and O–H groups in total. The fourth-order valence-corrected chi connectivity index (χ4v) is 3.64. The molecule has 1 atom stereocenters. The third kappa shape index (κ3) is 10.5. The van der Waals surface area contributed by atoms with Crippen LogP contribution in [0.5, 0.6) is 5.75 Å². The second-order valence-electron chi connectivity index (χ2n) is 6.89. The summed E-state index contributed by atoms with van der Waals surface area (Å²) in [6.07, 6.45) is 13.1. The van der Waals surface area contributed by atoms with E-state index in [4.69, 9.17) is 8.74 Å². The van der Waals surface area contributed by atoms with Gasteiger partial charge in [-0.25, -0.2) is 0 Å². The van der Waals surface area contributed by atoms with Crippen molar-refractivity contribution in [1.29, 1.82) is 0 Å². The zero-order valence-electron chi connectivity index (χ0n) is 15.7. The summed E-state index contributed by atoms with van der Waals surface area (Å²) in [4.78, 5) is 0. The van der Waals surface area contributed by atoms with Gasteiger partial charge in [0.15, 0.2) is 0 Å². The van der Waals surface area contributed by atoms with Gasteiger partial charge in [0.2, 0.25) is 0 Å². The Morgan fingerprint density at radius 2 is 1.48 bits per heavy atom. The minimum absolute atomic E-state index is 0.247. The van der Waals surface area contributed by atoms with Crippen molar-refractivity contribution in [2.24, 2.45) is 5.92 Å². The van der Waals surface area contributed by atoms with Crippen LogP contribution in [-0.2, 0) is 16.8 Å². The molecule has 1 rings (SSSR count). The Labute approximate surface area is 153 Å². The fourth-order valence-electron chi connectivity index (χ4n) is 3.25. The highest BCUT2D eigenvalue weighted by molar-refractivity contribution is 7.81. The molecule has 0 fully saturated rings. The molecule has 0 aliphatic rings. The summed E-state index contributed by atoms with van der Waals surface area (Å²) >= 11 is 0. The lowest BCUT2D eigenvalue weighted by Crippen LogP contribution is -2.11. The SMILES string of the molecule is CCCCCCCC(CCCCC)Cc1ccccc1OS(=O)(=O)O. The quantitative estimate of drug-likeness (QED) is 0.324. The van der Waals surface area contributed by atoms with Crippen molar-refractivity contribution in [3.05, 3.63) is 29.8 Å². The van der Waals surface area contributed by atoms with Crippen LogP contribution in [-0.4, -0.2) is 13.0 Å². The highest BCUT2D eigenvalue weighted by Gasteiger charge is 2.16. The number of rotatable bonds is 14. The molecular weight excluding hydrogens is 336 g/mol. The summed E-state index contributed by atoms with van der Waals surface area (Å²) in [5, 5.41) is 0. The predicted molar refractivity (Wildman–Crippen MR) is 103 cm³/mol. The molecule has 4 nitrogen and oxygen atoms in total. The number of para-hydroxylation sites is 1. The van der Waals surface area contributed by atoms with E-state index in [0.29, 0.717) is 5.92 Å². The van der Waals surface area contributed by atoms with Crippen LogP contribution in [0.1, 0.15) is 83.6 Å². The molecule has 1 aromatic rings. The van der Waals surface area contributed by atoms with E-state index in [9.17, 15) is 8.42 Å². The topological polar surface area (TPSA) is 63.6 Å². The Balaban J connectivity index is 2.68. The molecule has 25 heavy (non-hydrogen) atoms. The Kier molecular flexibility index (Phi) is 10.8. The average Bonchev–Trinajstić information content (AvgIpc) is 2.55. The van der Waals surface area contributed by atoms with E-state index < -0.39 is 10.4 Å². The molecule has 1 aromatic carbocycles. The van der Waals surface area contributed by atoms with Crippen molar-refractivity contribution in [2.75, 3.05) is 0 Å². The monoisotopic (exact) mass is 370 g/mol. The normalized spacial score (nSPS) is 12.9. The first-order chi connectivity index (χ1) is 12.0. The van der Waals surface area contributed by atoms with Gasteiger partial charge < -0.3 is 4.18 Å². The molecule has 0 aliphatic carbocycles. The predicted octanol–water partition coefficient (Wildman–Crippen LogP) is 5.97. The van der Waals surface area contributed by atoms with E-state index in [1.165, 1.54) is 51.4 Å². The Morgan fingerprint density at radius 1 is 0.920 bits per heavy atom. The van der Waals surface area contributed by atoms with Crippen LogP contribution in [0, 0.1) is 5.92 Å². The first kappa shape index (κ1) is 22.0. The van der Waals surface area contributed by atoms with Crippen molar-refractivity contribution >= 4 is 10.4 Å². The molecular formula is C20H34O4S. The van der Waals surface area contributed by atoms with Crippen LogP contribution in [0.3, 0.4) is 0 Å². The zero-order chi connectivity index (χ0) is 18.5. The van der Waals surface area contributed by atoms with Gasteiger partial charge >= 0.3 is 10.4 Å². The van der Waals surface area contributed by atoms with Crippen LogP contribution in [0.15, 0.2) is 24.3 Å². The van der Waals surface area contributed by atoms with Gasteiger partial charge in [0.1, 0.15) is 5.75 Å². The van der Waals surface area contributed by atoms with Crippen LogP contribution in [0.4, 0.5) is 0 Å². The standard InChI is InChI=1S/C20H34O4S/c1-3-5-7-8-10-14-18(13-9-6-4-2)17-19-15-11-12-16-20(19)24-25(21,22)23/h11-12,15-16,18H,3-10,13-14,17H2,1-2H3,(H,21,22,23). The van der Waals surface area contributed by atoms with Crippen molar-refractivity contribution in [3.63, 3.8) is 0 Å². The molecule has 0 radical (unpaired) electrons. The molecule has 0 bridgehead atoms. The molecule has 144 valence electrons. The molecule has 1 unspecified atom stereocenters. The number of hydrogen-bond donors (Lipinski definition) is 1. The second kappa shape index (κ2) is 12.3. The number of benzene rings is 1.